The second-order valence-electron chi connectivity index (χ2n) is 5.34. The van der Waals surface area contributed by atoms with Crippen molar-refractivity contribution in [2.75, 3.05) is 19.7 Å². The van der Waals surface area contributed by atoms with Gasteiger partial charge in [-0.05, 0) is 30.3 Å². The number of hydrogen-bond donors (Lipinski definition) is 1. The molecular weight excluding hydrogens is 298 g/mol. The fraction of sp³-hybridized carbons (Fsp3) is 0.312. The second kappa shape index (κ2) is 6.62. The molecule has 1 unspecified atom stereocenters. The number of morpholine rings is 1. The van der Waals surface area contributed by atoms with Gasteiger partial charge < -0.3 is 14.7 Å². The molecule has 1 atom stereocenters. The standard InChI is InChI=1S/C16H17N3O4/c20-15(21)10-14-11-18(8-9-23-14)16(22)12-2-4-13(5-3-12)19-7-1-6-17-19/h1-7,14H,8-11H2,(H,20,21). The number of carboxylic acids is 1. The third-order valence-electron chi connectivity index (χ3n) is 3.71. The minimum Gasteiger partial charge on any atom is -0.481 e. The molecule has 1 N–H and O–H groups in total. The van der Waals surface area contributed by atoms with Crippen LogP contribution in [0.5, 0.6) is 0 Å². The number of aliphatic carboxylic acids is 1. The number of ether oxygens (including phenoxy) is 1. The van der Waals surface area contributed by atoms with Gasteiger partial charge in [-0.1, -0.05) is 0 Å². The van der Waals surface area contributed by atoms with Gasteiger partial charge in [-0.3, -0.25) is 9.59 Å². The van der Waals surface area contributed by atoms with Gasteiger partial charge in [-0.15, -0.1) is 0 Å². The summed E-state index contributed by atoms with van der Waals surface area (Å²) in [6, 6.07) is 8.99. The van der Waals surface area contributed by atoms with Gasteiger partial charge in [0.15, 0.2) is 0 Å². The van der Waals surface area contributed by atoms with E-state index < -0.39 is 12.1 Å². The highest BCUT2D eigenvalue weighted by Gasteiger charge is 2.26. The van der Waals surface area contributed by atoms with Crippen molar-refractivity contribution in [3.8, 4) is 5.69 Å². The van der Waals surface area contributed by atoms with Crippen LogP contribution in [0.1, 0.15) is 16.8 Å². The predicted molar refractivity (Wildman–Crippen MR) is 81.5 cm³/mol. The van der Waals surface area contributed by atoms with Crippen LogP contribution >= 0.6 is 0 Å². The molecule has 1 aliphatic heterocycles. The maximum atomic E-state index is 12.5. The van der Waals surface area contributed by atoms with Crippen LogP contribution in [0.25, 0.3) is 5.69 Å². The van der Waals surface area contributed by atoms with Crippen LogP contribution in [-0.2, 0) is 9.53 Å². The predicted octanol–water partition coefficient (Wildman–Crippen LogP) is 1.19. The molecule has 120 valence electrons. The molecule has 3 rings (SSSR count). The van der Waals surface area contributed by atoms with Crippen molar-refractivity contribution >= 4 is 11.9 Å². The lowest BCUT2D eigenvalue weighted by atomic mass is 10.1. The van der Waals surface area contributed by atoms with Gasteiger partial charge in [0, 0.05) is 31.0 Å². The lowest BCUT2D eigenvalue weighted by Gasteiger charge is -2.32. The Morgan fingerprint density at radius 3 is 2.74 bits per heavy atom. The number of carbonyl (C=O) groups is 2. The molecule has 2 heterocycles. The smallest absolute Gasteiger partial charge is 0.306 e. The fourth-order valence-corrected chi connectivity index (χ4v) is 2.58. The van der Waals surface area contributed by atoms with Gasteiger partial charge in [0.2, 0.25) is 0 Å². The van der Waals surface area contributed by atoms with E-state index in [-0.39, 0.29) is 12.3 Å². The van der Waals surface area contributed by atoms with Gasteiger partial charge >= 0.3 is 5.97 Å². The van der Waals surface area contributed by atoms with Crippen LogP contribution in [-0.4, -0.2) is 57.5 Å². The molecule has 1 aromatic heterocycles. The molecule has 23 heavy (non-hydrogen) atoms. The number of carboxylic acid groups (broad SMARTS) is 1. The van der Waals surface area contributed by atoms with E-state index in [4.69, 9.17) is 9.84 Å². The topological polar surface area (TPSA) is 84.7 Å². The summed E-state index contributed by atoms with van der Waals surface area (Å²) in [5.41, 5.74) is 1.44. The van der Waals surface area contributed by atoms with Gasteiger partial charge in [0.05, 0.1) is 24.8 Å². The highest BCUT2D eigenvalue weighted by molar-refractivity contribution is 5.94. The van der Waals surface area contributed by atoms with E-state index in [1.807, 2.05) is 24.4 Å². The zero-order valence-corrected chi connectivity index (χ0v) is 12.5. The lowest BCUT2D eigenvalue weighted by molar-refractivity contribution is -0.141. The summed E-state index contributed by atoms with van der Waals surface area (Å²) in [7, 11) is 0. The summed E-state index contributed by atoms with van der Waals surface area (Å²) in [5.74, 6) is -1.04. The minimum atomic E-state index is -0.923. The molecule has 0 bridgehead atoms. The first kappa shape index (κ1) is 15.2. The molecule has 1 aromatic carbocycles. The first-order chi connectivity index (χ1) is 11.1. The first-order valence-corrected chi connectivity index (χ1v) is 7.36. The van der Waals surface area contributed by atoms with Gasteiger partial charge in [-0.25, -0.2) is 4.68 Å². The highest BCUT2D eigenvalue weighted by Crippen LogP contribution is 2.15. The van der Waals surface area contributed by atoms with E-state index >= 15 is 0 Å². The maximum Gasteiger partial charge on any atom is 0.306 e. The Morgan fingerprint density at radius 1 is 1.30 bits per heavy atom. The molecule has 1 amide bonds. The van der Waals surface area contributed by atoms with E-state index in [1.165, 1.54) is 0 Å². The van der Waals surface area contributed by atoms with Crippen molar-refractivity contribution in [3.05, 3.63) is 48.3 Å². The first-order valence-electron chi connectivity index (χ1n) is 7.36. The molecule has 7 heteroatoms. The Morgan fingerprint density at radius 2 is 2.09 bits per heavy atom. The fourth-order valence-electron chi connectivity index (χ4n) is 2.58. The van der Waals surface area contributed by atoms with Crippen LogP contribution in [0.4, 0.5) is 0 Å². The Hall–Kier alpha value is -2.67. The molecule has 0 saturated carbocycles. The molecule has 0 spiro atoms. The van der Waals surface area contributed by atoms with E-state index in [9.17, 15) is 9.59 Å². The number of nitrogens with zero attached hydrogens (tertiary/aromatic N) is 3. The largest absolute Gasteiger partial charge is 0.481 e. The molecule has 1 saturated heterocycles. The summed E-state index contributed by atoms with van der Waals surface area (Å²) >= 11 is 0. The van der Waals surface area contributed by atoms with Crippen molar-refractivity contribution in [2.24, 2.45) is 0 Å². The third kappa shape index (κ3) is 3.57. The number of aromatic nitrogens is 2. The molecule has 0 radical (unpaired) electrons. The average Bonchev–Trinajstić information content (AvgIpc) is 3.08. The summed E-state index contributed by atoms with van der Waals surface area (Å²) in [6.45, 7) is 1.12. The maximum absolute atomic E-state index is 12.5. The molecule has 1 fully saturated rings. The van der Waals surface area contributed by atoms with Crippen molar-refractivity contribution in [2.45, 2.75) is 12.5 Å². The lowest BCUT2D eigenvalue weighted by Crippen LogP contribution is -2.46. The molecule has 7 nitrogen and oxygen atoms in total. The highest BCUT2D eigenvalue weighted by atomic mass is 16.5. The minimum absolute atomic E-state index is 0.0952. The monoisotopic (exact) mass is 315 g/mol. The summed E-state index contributed by atoms with van der Waals surface area (Å²) in [6.07, 6.45) is 2.97. The third-order valence-corrected chi connectivity index (χ3v) is 3.71. The molecule has 1 aliphatic rings. The normalized spacial score (nSPS) is 17.9. The van der Waals surface area contributed by atoms with Crippen molar-refractivity contribution in [1.82, 2.24) is 14.7 Å². The van der Waals surface area contributed by atoms with Gasteiger partial charge in [0.1, 0.15) is 0 Å². The van der Waals surface area contributed by atoms with Crippen molar-refractivity contribution < 1.29 is 19.4 Å². The van der Waals surface area contributed by atoms with E-state index in [0.717, 1.165) is 5.69 Å². The average molecular weight is 315 g/mol. The number of rotatable bonds is 4. The zero-order valence-electron chi connectivity index (χ0n) is 12.5. The summed E-state index contributed by atoms with van der Waals surface area (Å²) in [4.78, 5) is 24.9. The van der Waals surface area contributed by atoms with Crippen molar-refractivity contribution in [3.63, 3.8) is 0 Å². The zero-order chi connectivity index (χ0) is 16.2. The SMILES string of the molecule is O=C(O)CC1CN(C(=O)c2ccc(-n3cccn3)cc2)CCO1. The second-order valence-corrected chi connectivity index (χ2v) is 5.34. The van der Waals surface area contributed by atoms with Gasteiger partial charge in [-0.2, -0.15) is 5.10 Å². The van der Waals surface area contributed by atoms with E-state index in [0.29, 0.717) is 25.3 Å². The van der Waals surface area contributed by atoms with Crippen molar-refractivity contribution in [1.29, 1.82) is 0 Å². The molecular formula is C16H17N3O4. The van der Waals surface area contributed by atoms with E-state index in [2.05, 4.69) is 5.10 Å². The Balaban J connectivity index is 1.69. The number of hydrogen-bond acceptors (Lipinski definition) is 4. The van der Waals surface area contributed by atoms with Gasteiger partial charge in [0.25, 0.3) is 5.91 Å². The molecule has 0 aliphatic carbocycles. The van der Waals surface area contributed by atoms with Crippen LogP contribution in [0.15, 0.2) is 42.7 Å². The van der Waals surface area contributed by atoms with Crippen LogP contribution in [0, 0.1) is 0 Å². The van der Waals surface area contributed by atoms with Crippen LogP contribution < -0.4 is 0 Å². The van der Waals surface area contributed by atoms with Crippen LogP contribution in [0.2, 0.25) is 0 Å². The summed E-state index contributed by atoms with van der Waals surface area (Å²) in [5, 5.41) is 13.0. The Bertz CT molecular complexity index is 682. The quantitative estimate of drug-likeness (QED) is 0.916. The van der Waals surface area contributed by atoms with Crippen LogP contribution in [0.3, 0.4) is 0 Å². The number of benzene rings is 1. The summed E-state index contributed by atoms with van der Waals surface area (Å²) < 4.78 is 7.10. The Kier molecular flexibility index (Phi) is 4.38. The van der Waals surface area contributed by atoms with E-state index in [1.54, 1.807) is 27.9 Å². The molecule has 2 aromatic rings. The Labute approximate surface area is 133 Å². The number of carbonyl (C=O) groups excluding carboxylic acids is 1. The number of amides is 1.